The predicted octanol–water partition coefficient (Wildman–Crippen LogP) is 2.59. The lowest BCUT2D eigenvalue weighted by atomic mass is 10.2. The van der Waals surface area contributed by atoms with E-state index in [2.05, 4.69) is 56.6 Å². The zero-order valence-electron chi connectivity index (χ0n) is 11.5. The molecule has 1 heterocycles. The molecule has 1 aliphatic rings. The first-order valence-corrected chi connectivity index (χ1v) is 7.60. The molecule has 0 aromatic carbocycles. The van der Waals surface area contributed by atoms with Gasteiger partial charge in [0.1, 0.15) is 0 Å². The van der Waals surface area contributed by atoms with Gasteiger partial charge in [0.2, 0.25) is 0 Å². The second-order valence-electron chi connectivity index (χ2n) is 5.28. The van der Waals surface area contributed by atoms with Crippen molar-refractivity contribution in [2.75, 3.05) is 19.6 Å². The van der Waals surface area contributed by atoms with Crippen molar-refractivity contribution >= 4 is 11.8 Å². The largest absolute Gasteiger partial charge is 0.313 e. The third-order valence-electron chi connectivity index (χ3n) is 3.45. The molecule has 4 atom stereocenters. The van der Waals surface area contributed by atoms with E-state index in [0.717, 1.165) is 17.0 Å². The van der Waals surface area contributed by atoms with Crippen LogP contribution in [0.15, 0.2) is 0 Å². The fourth-order valence-electron chi connectivity index (χ4n) is 2.22. The Morgan fingerprint density at radius 1 is 1.25 bits per heavy atom. The highest BCUT2D eigenvalue weighted by molar-refractivity contribution is 8.00. The van der Waals surface area contributed by atoms with Gasteiger partial charge >= 0.3 is 0 Å². The molecule has 0 spiro atoms. The van der Waals surface area contributed by atoms with E-state index in [-0.39, 0.29) is 0 Å². The quantitative estimate of drug-likeness (QED) is 0.800. The maximum absolute atomic E-state index is 3.61. The van der Waals surface area contributed by atoms with Crippen LogP contribution < -0.4 is 5.32 Å². The summed E-state index contributed by atoms with van der Waals surface area (Å²) in [5, 5.41) is 5.18. The second-order valence-corrected chi connectivity index (χ2v) is 7.16. The van der Waals surface area contributed by atoms with E-state index in [1.165, 1.54) is 19.5 Å². The SMILES string of the molecule is CCC(C)NCC(C)N1CC(C)SC(C)C1. The van der Waals surface area contributed by atoms with Crippen molar-refractivity contribution in [3.8, 4) is 0 Å². The molecule has 0 aromatic rings. The Morgan fingerprint density at radius 3 is 2.31 bits per heavy atom. The molecule has 0 aromatic heterocycles. The zero-order valence-corrected chi connectivity index (χ0v) is 12.3. The molecule has 0 aliphatic carbocycles. The molecule has 96 valence electrons. The standard InChI is InChI=1S/C13H28N2S/c1-6-10(2)14-7-11(3)15-8-12(4)16-13(5)9-15/h10-14H,6-9H2,1-5H3. The molecule has 1 N–H and O–H groups in total. The van der Waals surface area contributed by atoms with Crippen LogP contribution in [-0.2, 0) is 0 Å². The van der Waals surface area contributed by atoms with Gasteiger partial charge in [-0.1, -0.05) is 20.8 Å². The molecule has 0 bridgehead atoms. The van der Waals surface area contributed by atoms with Crippen molar-refractivity contribution in [3.05, 3.63) is 0 Å². The first-order chi connectivity index (χ1) is 7.52. The number of nitrogens with one attached hydrogen (secondary N) is 1. The normalized spacial score (nSPS) is 31.3. The average Bonchev–Trinajstić information content (AvgIpc) is 2.23. The lowest BCUT2D eigenvalue weighted by Crippen LogP contribution is -2.49. The minimum Gasteiger partial charge on any atom is -0.313 e. The van der Waals surface area contributed by atoms with Crippen LogP contribution in [0, 0.1) is 0 Å². The zero-order chi connectivity index (χ0) is 12.1. The summed E-state index contributed by atoms with van der Waals surface area (Å²) in [4.78, 5) is 2.64. The molecule has 1 aliphatic heterocycles. The van der Waals surface area contributed by atoms with Crippen molar-refractivity contribution in [1.29, 1.82) is 0 Å². The number of hydrogen-bond donors (Lipinski definition) is 1. The maximum Gasteiger partial charge on any atom is 0.0193 e. The first kappa shape index (κ1) is 14.3. The maximum atomic E-state index is 3.61. The molecule has 1 fully saturated rings. The Kier molecular flexibility index (Phi) is 6.16. The van der Waals surface area contributed by atoms with Crippen molar-refractivity contribution in [1.82, 2.24) is 10.2 Å². The minimum atomic E-state index is 0.650. The van der Waals surface area contributed by atoms with Gasteiger partial charge in [0, 0.05) is 42.2 Å². The molecular weight excluding hydrogens is 216 g/mol. The van der Waals surface area contributed by atoms with Gasteiger partial charge in [0.05, 0.1) is 0 Å². The first-order valence-electron chi connectivity index (χ1n) is 6.65. The average molecular weight is 244 g/mol. The summed E-state index contributed by atoms with van der Waals surface area (Å²) in [7, 11) is 0. The van der Waals surface area contributed by atoms with Gasteiger partial charge in [0.25, 0.3) is 0 Å². The topological polar surface area (TPSA) is 15.3 Å². The van der Waals surface area contributed by atoms with Gasteiger partial charge < -0.3 is 5.32 Å². The van der Waals surface area contributed by atoms with Gasteiger partial charge in [-0.25, -0.2) is 0 Å². The molecule has 4 unspecified atom stereocenters. The molecule has 1 saturated heterocycles. The van der Waals surface area contributed by atoms with Crippen molar-refractivity contribution in [3.63, 3.8) is 0 Å². The highest BCUT2D eigenvalue weighted by Gasteiger charge is 2.25. The highest BCUT2D eigenvalue weighted by Crippen LogP contribution is 2.25. The Bertz CT molecular complexity index is 188. The smallest absolute Gasteiger partial charge is 0.0193 e. The van der Waals surface area contributed by atoms with E-state index in [9.17, 15) is 0 Å². The van der Waals surface area contributed by atoms with Crippen LogP contribution in [0.5, 0.6) is 0 Å². The van der Waals surface area contributed by atoms with Gasteiger partial charge in [-0.2, -0.15) is 11.8 Å². The lowest BCUT2D eigenvalue weighted by Gasteiger charge is -2.38. The van der Waals surface area contributed by atoms with Crippen molar-refractivity contribution in [2.24, 2.45) is 0 Å². The fourth-order valence-corrected chi connectivity index (χ4v) is 3.57. The van der Waals surface area contributed by atoms with Crippen LogP contribution in [-0.4, -0.2) is 47.1 Å². The lowest BCUT2D eigenvalue weighted by molar-refractivity contribution is 0.198. The van der Waals surface area contributed by atoms with Crippen LogP contribution in [0.2, 0.25) is 0 Å². The minimum absolute atomic E-state index is 0.650. The van der Waals surface area contributed by atoms with Crippen LogP contribution in [0.3, 0.4) is 0 Å². The Morgan fingerprint density at radius 2 is 1.81 bits per heavy atom. The molecular formula is C13H28N2S. The summed E-state index contributed by atoms with van der Waals surface area (Å²) in [6, 6.07) is 1.32. The molecule has 0 amide bonds. The van der Waals surface area contributed by atoms with E-state index in [1.807, 2.05) is 0 Å². The van der Waals surface area contributed by atoms with Gasteiger partial charge in [-0.3, -0.25) is 4.90 Å². The highest BCUT2D eigenvalue weighted by atomic mass is 32.2. The fraction of sp³-hybridized carbons (Fsp3) is 1.00. The van der Waals surface area contributed by atoms with Crippen LogP contribution in [0.1, 0.15) is 41.0 Å². The summed E-state index contributed by atoms with van der Waals surface area (Å²) >= 11 is 2.13. The summed E-state index contributed by atoms with van der Waals surface area (Å²) in [6.07, 6.45) is 1.22. The van der Waals surface area contributed by atoms with Crippen LogP contribution in [0.25, 0.3) is 0 Å². The van der Waals surface area contributed by atoms with Crippen molar-refractivity contribution < 1.29 is 0 Å². The molecule has 0 radical (unpaired) electrons. The molecule has 0 saturated carbocycles. The summed E-state index contributed by atoms with van der Waals surface area (Å²) in [5.74, 6) is 0. The summed E-state index contributed by atoms with van der Waals surface area (Å²) < 4.78 is 0. The van der Waals surface area contributed by atoms with Crippen LogP contribution >= 0.6 is 11.8 Å². The number of nitrogens with zero attached hydrogens (tertiary/aromatic N) is 1. The number of hydrogen-bond acceptors (Lipinski definition) is 3. The van der Waals surface area contributed by atoms with Gasteiger partial charge in [-0.15, -0.1) is 0 Å². The Hall–Kier alpha value is 0.270. The monoisotopic (exact) mass is 244 g/mol. The Balaban J connectivity index is 2.32. The van der Waals surface area contributed by atoms with Gasteiger partial charge in [-0.05, 0) is 20.3 Å². The predicted molar refractivity (Wildman–Crippen MR) is 75.3 cm³/mol. The third kappa shape index (κ3) is 4.64. The Labute approximate surface area is 106 Å². The molecule has 2 nitrogen and oxygen atoms in total. The summed E-state index contributed by atoms with van der Waals surface area (Å²) in [5.41, 5.74) is 0. The number of thioether (sulfide) groups is 1. The third-order valence-corrected chi connectivity index (χ3v) is 4.67. The van der Waals surface area contributed by atoms with Gasteiger partial charge in [0.15, 0.2) is 0 Å². The second kappa shape index (κ2) is 6.87. The van der Waals surface area contributed by atoms with Crippen LogP contribution in [0.4, 0.5) is 0 Å². The summed E-state index contributed by atoms with van der Waals surface area (Å²) in [6.45, 7) is 15.2. The molecule has 16 heavy (non-hydrogen) atoms. The number of rotatable bonds is 5. The molecule has 3 heteroatoms. The molecule has 1 rings (SSSR count). The van der Waals surface area contributed by atoms with E-state index in [0.29, 0.717) is 12.1 Å². The van der Waals surface area contributed by atoms with E-state index in [1.54, 1.807) is 0 Å². The van der Waals surface area contributed by atoms with E-state index < -0.39 is 0 Å². The van der Waals surface area contributed by atoms with E-state index in [4.69, 9.17) is 0 Å². The van der Waals surface area contributed by atoms with E-state index >= 15 is 0 Å². The van der Waals surface area contributed by atoms with Crippen molar-refractivity contribution in [2.45, 2.75) is 63.6 Å².